The number of nitrogens with two attached hydrogens (primary N) is 1. The Morgan fingerprint density at radius 3 is 2.33 bits per heavy atom. The predicted octanol–water partition coefficient (Wildman–Crippen LogP) is -0.0751. The number of hydrogen-bond donors (Lipinski definition) is 1. The fourth-order valence-corrected chi connectivity index (χ4v) is 0.0527. The summed E-state index contributed by atoms with van der Waals surface area (Å²) >= 11 is 0. The van der Waals surface area contributed by atoms with E-state index in [1.54, 1.807) is 6.92 Å². The molecule has 0 fully saturated rings. The summed E-state index contributed by atoms with van der Waals surface area (Å²) in [5.74, 6) is 5.24. The van der Waals surface area contributed by atoms with Crippen LogP contribution >= 0.6 is 0 Å². The van der Waals surface area contributed by atoms with Crippen LogP contribution in [0.3, 0.4) is 0 Å². The molecule has 3 nitrogen and oxygen atoms in total. The second kappa shape index (κ2) is 2.50. The van der Waals surface area contributed by atoms with Crippen molar-refractivity contribution in [1.29, 1.82) is 0 Å². The zero-order chi connectivity index (χ0) is 4.99. The lowest BCUT2D eigenvalue weighted by Gasteiger charge is -1.89. The Morgan fingerprint density at radius 1 is 1.83 bits per heavy atom. The molecule has 0 atom stereocenters. The highest BCUT2D eigenvalue weighted by atomic mass is 16.5. The predicted molar refractivity (Wildman–Crippen MR) is 24.3 cm³/mol. The van der Waals surface area contributed by atoms with E-state index in [0.717, 1.165) is 0 Å². The maximum atomic E-state index is 4.75. The molecule has 0 rings (SSSR count). The third-order valence-corrected chi connectivity index (χ3v) is 0.477. The Morgan fingerprint density at radius 2 is 2.33 bits per heavy atom. The fourth-order valence-electron chi connectivity index (χ4n) is 0.0527. The van der Waals surface area contributed by atoms with Crippen LogP contribution in [0.2, 0.25) is 0 Å². The molecule has 3 heteroatoms. The van der Waals surface area contributed by atoms with E-state index in [2.05, 4.69) is 9.84 Å². The molecular weight excluding hydrogens is 80.0 g/mol. The Bertz CT molecular complexity index is 59.8. The van der Waals surface area contributed by atoms with Gasteiger partial charge in [-0.15, -0.1) is 5.10 Å². The van der Waals surface area contributed by atoms with Crippen LogP contribution < -0.4 is 5.84 Å². The highest BCUT2D eigenvalue weighted by Gasteiger charge is 1.75. The molecule has 0 aromatic heterocycles. The fraction of sp³-hybridized carbons (Fsp3) is 0.667. The molecule has 0 aliphatic carbocycles. The van der Waals surface area contributed by atoms with Gasteiger partial charge in [0.1, 0.15) is 0 Å². The minimum Gasteiger partial charge on any atom is -0.483 e. The van der Waals surface area contributed by atoms with E-state index in [1.165, 1.54) is 7.11 Å². The standard InChI is InChI=1S/C3H8N2O/c1-3(5-4)6-2/h4H2,1-2H3/b5-3+. The number of methoxy groups -OCH3 is 1. The molecule has 0 aliphatic heterocycles. The Labute approximate surface area is 36.8 Å². The normalized spacial score (nSPS) is 11.3. The van der Waals surface area contributed by atoms with Gasteiger partial charge in [-0.05, 0) is 0 Å². The summed E-state index contributed by atoms with van der Waals surface area (Å²) in [7, 11) is 1.52. The lowest BCUT2D eigenvalue weighted by Crippen LogP contribution is -1.96. The quantitative estimate of drug-likeness (QED) is 0.195. The van der Waals surface area contributed by atoms with Gasteiger partial charge in [0.25, 0.3) is 0 Å². The van der Waals surface area contributed by atoms with Crippen LogP contribution in [-0.2, 0) is 4.74 Å². The summed E-state index contributed by atoms with van der Waals surface area (Å²) in [6.45, 7) is 1.68. The molecule has 0 saturated heterocycles. The first-order valence-electron chi connectivity index (χ1n) is 1.59. The summed E-state index contributed by atoms with van der Waals surface area (Å²) in [6, 6.07) is 0. The zero-order valence-electron chi connectivity index (χ0n) is 3.93. The van der Waals surface area contributed by atoms with Crippen LogP contribution in [0.5, 0.6) is 0 Å². The van der Waals surface area contributed by atoms with Gasteiger partial charge in [-0.25, -0.2) is 0 Å². The molecule has 0 heterocycles. The molecule has 0 aromatic rings. The van der Waals surface area contributed by atoms with Crippen molar-refractivity contribution in [3.63, 3.8) is 0 Å². The third-order valence-electron chi connectivity index (χ3n) is 0.477. The number of hydrogen-bond acceptors (Lipinski definition) is 3. The second-order valence-corrected chi connectivity index (χ2v) is 0.852. The monoisotopic (exact) mass is 88.1 g/mol. The lowest BCUT2D eigenvalue weighted by atomic mass is 10.8. The van der Waals surface area contributed by atoms with Crippen molar-refractivity contribution in [2.75, 3.05) is 7.11 Å². The first-order valence-corrected chi connectivity index (χ1v) is 1.59. The van der Waals surface area contributed by atoms with Crippen LogP contribution in [0, 0.1) is 0 Å². The molecule has 0 bridgehead atoms. The van der Waals surface area contributed by atoms with Gasteiger partial charge in [-0.1, -0.05) is 0 Å². The second-order valence-electron chi connectivity index (χ2n) is 0.852. The topological polar surface area (TPSA) is 47.6 Å². The van der Waals surface area contributed by atoms with Gasteiger partial charge < -0.3 is 10.6 Å². The average molecular weight is 88.1 g/mol. The van der Waals surface area contributed by atoms with Crippen molar-refractivity contribution >= 4 is 5.90 Å². The van der Waals surface area contributed by atoms with Crippen molar-refractivity contribution < 1.29 is 4.74 Å². The van der Waals surface area contributed by atoms with E-state index in [1.807, 2.05) is 0 Å². The van der Waals surface area contributed by atoms with E-state index >= 15 is 0 Å². The van der Waals surface area contributed by atoms with Crippen LogP contribution in [0.1, 0.15) is 6.92 Å². The molecule has 0 aliphatic rings. The SMILES string of the molecule is CO/C(C)=N/N. The summed E-state index contributed by atoms with van der Waals surface area (Å²) < 4.78 is 4.52. The van der Waals surface area contributed by atoms with Crippen LogP contribution in [0.25, 0.3) is 0 Å². The summed E-state index contributed by atoms with van der Waals surface area (Å²) in [5.41, 5.74) is 0. The molecule has 0 aromatic carbocycles. The largest absolute Gasteiger partial charge is 0.483 e. The smallest absolute Gasteiger partial charge is 0.202 e. The zero-order valence-corrected chi connectivity index (χ0v) is 3.93. The first-order chi connectivity index (χ1) is 2.81. The molecule has 6 heavy (non-hydrogen) atoms. The number of ether oxygens (including phenoxy) is 1. The van der Waals surface area contributed by atoms with Crippen molar-refractivity contribution in [3.05, 3.63) is 0 Å². The van der Waals surface area contributed by atoms with Gasteiger partial charge >= 0.3 is 0 Å². The number of nitrogens with zero attached hydrogens (tertiary/aromatic N) is 1. The van der Waals surface area contributed by atoms with Crippen molar-refractivity contribution in [1.82, 2.24) is 0 Å². The molecule has 0 spiro atoms. The maximum Gasteiger partial charge on any atom is 0.202 e. The molecule has 0 saturated carbocycles. The molecule has 0 radical (unpaired) electrons. The van der Waals surface area contributed by atoms with Gasteiger partial charge in [0.2, 0.25) is 5.90 Å². The third kappa shape index (κ3) is 1.58. The Hall–Kier alpha value is -0.730. The van der Waals surface area contributed by atoms with Gasteiger partial charge in [0.15, 0.2) is 0 Å². The molecule has 0 unspecified atom stereocenters. The lowest BCUT2D eigenvalue weighted by molar-refractivity contribution is 0.398. The first kappa shape index (κ1) is 5.27. The van der Waals surface area contributed by atoms with Crippen LogP contribution in [0.4, 0.5) is 0 Å². The van der Waals surface area contributed by atoms with E-state index < -0.39 is 0 Å². The summed E-state index contributed by atoms with van der Waals surface area (Å²) in [4.78, 5) is 0. The highest BCUT2D eigenvalue weighted by molar-refractivity contribution is 5.72. The Balaban J connectivity index is 3.22. The Kier molecular flexibility index (Phi) is 2.20. The van der Waals surface area contributed by atoms with Crippen molar-refractivity contribution in [2.45, 2.75) is 6.92 Å². The molecular formula is C3H8N2O. The van der Waals surface area contributed by atoms with Crippen molar-refractivity contribution in [2.24, 2.45) is 10.9 Å². The van der Waals surface area contributed by atoms with E-state index in [-0.39, 0.29) is 0 Å². The van der Waals surface area contributed by atoms with Gasteiger partial charge in [-0.3, -0.25) is 0 Å². The van der Waals surface area contributed by atoms with Gasteiger partial charge in [0.05, 0.1) is 7.11 Å². The molecule has 2 N–H and O–H groups in total. The summed E-state index contributed by atoms with van der Waals surface area (Å²) in [6.07, 6.45) is 0. The summed E-state index contributed by atoms with van der Waals surface area (Å²) in [5, 5.41) is 3.20. The highest BCUT2D eigenvalue weighted by Crippen LogP contribution is 1.67. The van der Waals surface area contributed by atoms with Gasteiger partial charge in [0, 0.05) is 6.92 Å². The van der Waals surface area contributed by atoms with E-state index in [9.17, 15) is 0 Å². The average Bonchev–Trinajstić information content (AvgIpc) is 1.65. The van der Waals surface area contributed by atoms with E-state index in [0.29, 0.717) is 5.90 Å². The molecule has 36 valence electrons. The number of rotatable bonds is 0. The molecule has 0 amide bonds. The maximum absolute atomic E-state index is 4.75. The van der Waals surface area contributed by atoms with Crippen molar-refractivity contribution in [3.8, 4) is 0 Å². The number of hydrazone groups is 1. The minimum absolute atomic E-state index is 0.495. The van der Waals surface area contributed by atoms with Crippen LogP contribution in [0.15, 0.2) is 5.10 Å². The van der Waals surface area contributed by atoms with E-state index in [4.69, 9.17) is 5.84 Å². The van der Waals surface area contributed by atoms with Crippen LogP contribution in [-0.4, -0.2) is 13.0 Å². The van der Waals surface area contributed by atoms with Gasteiger partial charge in [-0.2, -0.15) is 0 Å². The minimum atomic E-state index is 0.495.